The summed E-state index contributed by atoms with van der Waals surface area (Å²) in [4.78, 5) is 10.9. The Kier molecular flexibility index (Phi) is 7.03. The largest absolute Gasteiger partial charge is 0.396 e. The molecule has 1 atom stereocenters. The molecule has 1 amide bonds. The van der Waals surface area contributed by atoms with Gasteiger partial charge in [-0.05, 0) is 0 Å². The van der Waals surface area contributed by atoms with Crippen molar-refractivity contribution < 1.29 is 9.90 Å². The van der Waals surface area contributed by atoms with Crippen molar-refractivity contribution in [3.05, 3.63) is 0 Å². The molecule has 0 spiro atoms. The molecule has 5 heteroatoms. The maximum Gasteiger partial charge on any atom is 0.235 e. The molecule has 0 aliphatic rings. The van der Waals surface area contributed by atoms with Gasteiger partial charge in [-0.25, -0.2) is 0 Å². The Hall–Kier alpha value is -0.260. The van der Waals surface area contributed by atoms with E-state index in [-0.39, 0.29) is 24.6 Å². The SMILES string of the molecule is CC(C)NC(CSCCO)C(N)=O. The standard InChI is InChI=1S/C8H18N2O2S/c1-6(2)10-7(8(9)12)5-13-4-3-11/h6-7,10-11H,3-5H2,1-2H3,(H2,9,12). The number of carbonyl (C=O) groups excluding carboxylic acids is 1. The van der Waals surface area contributed by atoms with E-state index >= 15 is 0 Å². The highest BCUT2D eigenvalue weighted by Gasteiger charge is 2.15. The highest BCUT2D eigenvalue weighted by molar-refractivity contribution is 7.99. The number of rotatable bonds is 7. The summed E-state index contributed by atoms with van der Waals surface area (Å²) in [7, 11) is 0. The van der Waals surface area contributed by atoms with Gasteiger partial charge in [0.05, 0.1) is 12.6 Å². The molecule has 0 fully saturated rings. The third-order valence-corrected chi connectivity index (χ3v) is 2.44. The Morgan fingerprint density at radius 1 is 1.62 bits per heavy atom. The van der Waals surface area contributed by atoms with E-state index in [1.165, 1.54) is 11.8 Å². The lowest BCUT2D eigenvalue weighted by atomic mass is 10.3. The van der Waals surface area contributed by atoms with E-state index in [1.54, 1.807) is 0 Å². The van der Waals surface area contributed by atoms with E-state index in [0.717, 1.165) is 0 Å². The van der Waals surface area contributed by atoms with Gasteiger partial charge in [-0.1, -0.05) is 13.8 Å². The van der Waals surface area contributed by atoms with Gasteiger partial charge in [-0.3, -0.25) is 4.79 Å². The van der Waals surface area contributed by atoms with E-state index in [2.05, 4.69) is 5.32 Å². The Balaban J connectivity index is 3.74. The molecule has 13 heavy (non-hydrogen) atoms. The lowest BCUT2D eigenvalue weighted by molar-refractivity contribution is -0.119. The number of hydrogen-bond acceptors (Lipinski definition) is 4. The van der Waals surface area contributed by atoms with Crippen LogP contribution in [0.15, 0.2) is 0 Å². The number of aliphatic hydroxyl groups is 1. The number of amides is 1. The Morgan fingerprint density at radius 3 is 2.62 bits per heavy atom. The number of nitrogens with two attached hydrogens (primary N) is 1. The van der Waals surface area contributed by atoms with Gasteiger partial charge in [0.1, 0.15) is 0 Å². The molecule has 0 aliphatic carbocycles. The summed E-state index contributed by atoms with van der Waals surface area (Å²) >= 11 is 1.52. The third-order valence-electron chi connectivity index (χ3n) is 1.40. The van der Waals surface area contributed by atoms with Crippen LogP contribution in [-0.2, 0) is 4.79 Å². The zero-order valence-electron chi connectivity index (χ0n) is 8.12. The van der Waals surface area contributed by atoms with Crippen LogP contribution in [0, 0.1) is 0 Å². The molecule has 4 nitrogen and oxygen atoms in total. The molecule has 1 unspecified atom stereocenters. The van der Waals surface area contributed by atoms with Crippen LogP contribution >= 0.6 is 11.8 Å². The summed E-state index contributed by atoms with van der Waals surface area (Å²) in [6.07, 6.45) is 0. The average molecular weight is 206 g/mol. The highest BCUT2D eigenvalue weighted by atomic mass is 32.2. The summed E-state index contributed by atoms with van der Waals surface area (Å²) in [5.74, 6) is 0.927. The van der Waals surface area contributed by atoms with Gasteiger partial charge in [0.15, 0.2) is 0 Å². The van der Waals surface area contributed by atoms with Crippen molar-refractivity contribution in [1.82, 2.24) is 5.32 Å². The van der Waals surface area contributed by atoms with Gasteiger partial charge >= 0.3 is 0 Å². The molecule has 0 bridgehead atoms. The summed E-state index contributed by atoms with van der Waals surface area (Å²) in [6.45, 7) is 4.07. The molecule has 0 saturated heterocycles. The van der Waals surface area contributed by atoms with Crippen molar-refractivity contribution in [3.8, 4) is 0 Å². The molecule has 0 radical (unpaired) electrons. The first-order valence-electron chi connectivity index (χ1n) is 4.32. The molecule has 0 heterocycles. The fourth-order valence-corrected chi connectivity index (χ4v) is 1.67. The first-order valence-corrected chi connectivity index (χ1v) is 5.47. The molecule has 4 N–H and O–H groups in total. The van der Waals surface area contributed by atoms with Crippen LogP contribution in [-0.4, -0.2) is 41.2 Å². The van der Waals surface area contributed by atoms with Crippen molar-refractivity contribution in [2.45, 2.75) is 25.9 Å². The van der Waals surface area contributed by atoms with Gasteiger partial charge in [-0.2, -0.15) is 11.8 Å². The second-order valence-electron chi connectivity index (χ2n) is 3.07. The van der Waals surface area contributed by atoms with Crippen LogP contribution in [0.4, 0.5) is 0 Å². The van der Waals surface area contributed by atoms with Gasteiger partial charge < -0.3 is 16.2 Å². The summed E-state index contributed by atoms with van der Waals surface area (Å²) < 4.78 is 0. The quantitative estimate of drug-likeness (QED) is 0.494. The molecule has 0 aromatic rings. The molecular weight excluding hydrogens is 188 g/mol. The zero-order chi connectivity index (χ0) is 10.3. The topological polar surface area (TPSA) is 75.3 Å². The molecule has 0 aromatic heterocycles. The summed E-state index contributed by atoms with van der Waals surface area (Å²) in [5, 5.41) is 11.6. The predicted molar refractivity (Wildman–Crippen MR) is 55.7 cm³/mol. The van der Waals surface area contributed by atoms with Crippen molar-refractivity contribution in [2.24, 2.45) is 5.73 Å². The van der Waals surface area contributed by atoms with Crippen LogP contribution < -0.4 is 11.1 Å². The normalized spacial score (nSPS) is 13.2. The average Bonchev–Trinajstić information content (AvgIpc) is 2.02. The maximum atomic E-state index is 10.9. The predicted octanol–water partition coefficient (Wildman–Crippen LogP) is -0.436. The minimum Gasteiger partial charge on any atom is -0.396 e. The monoisotopic (exact) mass is 206 g/mol. The second kappa shape index (κ2) is 7.17. The molecule has 0 aromatic carbocycles. The minimum absolute atomic E-state index is 0.137. The highest BCUT2D eigenvalue weighted by Crippen LogP contribution is 2.02. The minimum atomic E-state index is -0.334. The number of thioether (sulfide) groups is 1. The first kappa shape index (κ1) is 12.7. The van der Waals surface area contributed by atoms with E-state index in [0.29, 0.717) is 11.5 Å². The Morgan fingerprint density at radius 2 is 2.23 bits per heavy atom. The Labute approximate surface area is 83.3 Å². The van der Waals surface area contributed by atoms with E-state index in [9.17, 15) is 4.79 Å². The number of hydrogen-bond donors (Lipinski definition) is 3. The number of aliphatic hydroxyl groups excluding tert-OH is 1. The lowest BCUT2D eigenvalue weighted by Gasteiger charge is -2.17. The van der Waals surface area contributed by atoms with Crippen LogP contribution in [0.25, 0.3) is 0 Å². The van der Waals surface area contributed by atoms with E-state index < -0.39 is 0 Å². The van der Waals surface area contributed by atoms with Crippen molar-refractivity contribution in [2.75, 3.05) is 18.1 Å². The molecule has 78 valence electrons. The van der Waals surface area contributed by atoms with Crippen molar-refractivity contribution >= 4 is 17.7 Å². The number of carbonyl (C=O) groups is 1. The van der Waals surface area contributed by atoms with Crippen LogP contribution in [0.3, 0.4) is 0 Å². The van der Waals surface area contributed by atoms with Gasteiger partial charge in [0.25, 0.3) is 0 Å². The van der Waals surface area contributed by atoms with Crippen LogP contribution in [0.2, 0.25) is 0 Å². The smallest absolute Gasteiger partial charge is 0.235 e. The van der Waals surface area contributed by atoms with Crippen molar-refractivity contribution in [1.29, 1.82) is 0 Å². The number of nitrogens with one attached hydrogen (secondary N) is 1. The fourth-order valence-electron chi connectivity index (χ4n) is 0.880. The molecule has 0 saturated carbocycles. The van der Waals surface area contributed by atoms with E-state index in [4.69, 9.17) is 10.8 Å². The number of primary amides is 1. The second-order valence-corrected chi connectivity index (χ2v) is 4.22. The lowest BCUT2D eigenvalue weighted by Crippen LogP contribution is -2.46. The van der Waals surface area contributed by atoms with Gasteiger partial charge in [0, 0.05) is 17.5 Å². The summed E-state index contributed by atoms with van der Waals surface area (Å²) in [6, 6.07) is -0.0521. The van der Waals surface area contributed by atoms with Crippen molar-refractivity contribution in [3.63, 3.8) is 0 Å². The third kappa shape index (κ3) is 6.86. The maximum absolute atomic E-state index is 10.9. The molecule has 0 rings (SSSR count). The van der Waals surface area contributed by atoms with Crippen LogP contribution in [0.1, 0.15) is 13.8 Å². The Bertz CT molecular complexity index is 153. The first-order chi connectivity index (χ1) is 6.07. The van der Waals surface area contributed by atoms with Gasteiger partial charge in [-0.15, -0.1) is 0 Å². The van der Waals surface area contributed by atoms with E-state index in [1.807, 2.05) is 13.8 Å². The molecule has 0 aliphatic heterocycles. The summed E-state index contributed by atoms with van der Waals surface area (Å²) in [5.41, 5.74) is 5.19. The van der Waals surface area contributed by atoms with Gasteiger partial charge in [0.2, 0.25) is 5.91 Å². The van der Waals surface area contributed by atoms with Crippen LogP contribution in [0.5, 0.6) is 0 Å². The molecular formula is C8H18N2O2S. The zero-order valence-corrected chi connectivity index (χ0v) is 8.93. The fraction of sp³-hybridized carbons (Fsp3) is 0.875.